The van der Waals surface area contributed by atoms with Crippen LogP contribution in [0.25, 0.3) is 0 Å². The molecule has 1 aromatic heterocycles. The van der Waals surface area contributed by atoms with E-state index in [4.69, 9.17) is 4.74 Å². The van der Waals surface area contributed by atoms with Crippen LogP contribution in [-0.2, 0) is 24.1 Å². The summed E-state index contributed by atoms with van der Waals surface area (Å²) in [4.78, 5) is 26.0. The van der Waals surface area contributed by atoms with Gasteiger partial charge in [0.05, 0.1) is 11.5 Å². The predicted molar refractivity (Wildman–Crippen MR) is 89.8 cm³/mol. The highest BCUT2D eigenvalue weighted by Crippen LogP contribution is 2.32. The molecule has 0 spiro atoms. The number of ether oxygens (including phenoxy) is 1. The Kier molecular flexibility index (Phi) is 3.76. The summed E-state index contributed by atoms with van der Waals surface area (Å²) in [6.45, 7) is 0.615. The molecule has 0 saturated heterocycles. The van der Waals surface area contributed by atoms with E-state index in [0.29, 0.717) is 17.0 Å². The van der Waals surface area contributed by atoms with Gasteiger partial charge in [-0.05, 0) is 54.2 Å². The number of carbonyl (C=O) groups is 2. The van der Waals surface area contributed by atoms with Crippen LogP contribution >= 0.6 is 11.3 Å². The minimum atomic E-state index is -1.06. The summed E-state index contributed by atoms with van der Waals surface area (Å²) in [6.07, 6.45) is 3.92. The third kappa shape index (κ3) is 2.67. The molecule has 1 unspecified atom stereocenters. The topological polar surface area (TPSA) is 75.6 Å². The summed E-state index contributed by atoms with van der Waals surface area (Å²) in [5, 5.41) is 12.2. The summed E-state index contributed by atoms with van der Waals surface area (Å²) in [5.41, 5.74) is 2.79. The standard InChI is InChI=1S/C18H17NO4S/c20-17(15-9-11-2-1-3-14(11)24-15)19-16(18(21)22)12-4-5-13-10(8-12)6-7-23-13/h4-5,8-9,16H,1-3,6-7H2,(H,19,20)(H,21,22). The molecule has 2 aliphatic rings. The lowest BCUT2D eigenvalue weighted by molar-refractivity contribution is -0.139. The largest absolute Gasteiger partial charge is 0.493 e. The van der Waals surface area contributed by atoms with Crippen LogP contribution < -0.4 is 10.1 Å². The van der Waals surface area contributed by atoms with Gasteiger partial charge >= 0.3 is 5.97 Å². The van der Waals surface area contributed by atoms with Gasteiger partial charge in [0.25, 0.3) is 5.91 Å². The van der Waals surface area contributed by atoms with Crippen molar-refractivity contribution in [3.05, 3.63) is 50.7 Å². The van der Waals surface area contributed by atoms with E-state index in [2.05, 4.69) is 5.32 Å². The van der Waals surface area contributed by atoms with Gasteiger partial charge < -0.3 is 15.2 Å². The van der Waals surface area contributed by atoms with Gasteiger partial charge in [0.15, 0.2) is 6.04 Å². The molecule has 6 heteroatoms. The summed E-state index contributed by atoms with van der Waals surface area (Å²) in [6, 6.07) is 6.14. The Morgan fingerprint density at radius 3 is 2.83 bits per heavy atom. The molecule has 1 aromatic carbocycles. The third-order valence-electron chi connectivity index (χ3n) is 4.54. The first-order chi connectivity index (χ1) is 11.6. The molecule has 1 amide bonds. The first kappa shape index (κ1) is 15.2. The highest BCUT2D eigenvalue weighted by atomic mass is 32.1. The summed E-state index contributed by atoms with van der Waals surface area (Å²) >= 11 is 1.47. The highest BCUT2D eigenvalue weighted by Gasteiger charge is 2.26. The highest BCUT2D eigenvalue weighted by molar-refractivity contribution is 7.14. The van der Waals surface area contributed by atoms with Crippen molar-refractivity contribution in [3.63, 3.8) is 0 Å². The maximum absolute atomic E-state index is 12.5. The molecule has 124 valence electrons. The van der Waals surface area contributed by atoms with Crippen molar-refractivity contribution in [2.45, 2.75) is 31.7 Å². The molecule has 4 rings (SSSR count). The minimum absolute atomic E-state index is 0.321. The number of thiophene rings is 1. The van der Waals surface area contributed by atoms with Crippen LogP contribution in [0.1, 0.15) is 43.7 Å². The Morgan fingerprint density at radius 2 is 2.04 bits per heavy atom. The Balaban J connectivity index is 1.57. The van der Waals surface area contributed by atoms with Crippen molar-refractivity contribution in [3.8, 4) is 5.75 Å². The molecule has 1 aliphatic heterocycles. The van der Waals surface area contributed by atoms with Crippen molar-refractivity contribution in [2.24, 2.45) is 0 Å². The fourth-order valence-corrected chi connectivity index (χ4v) is 4.47. The Bertz CT molecular complexity index is 805. The van der Waals surface area contributed by atoms with Crippen LogP contribution in [0.15, 0.2) is 24.3 Å². The van der Waals surface area contributed by atoms with Gasteiger partial charge in [-0.1, -0.05) is 6.07 Å². The SMILES string of the molecule is O=C(NC(C(=O)O)c1ccc2c(c1)CCO2)c1cc2c(s1)CCC2. The number of amides is 1. The Hall–Kier alpha value is -2.34. The first-order valence-electron chi connectivity index (χ1n) is 8.02. The van der Waals surface area contributed by atoms with E-state index in [1.807, 2.05) is 12.1 Å². The van der Waals surface area contributed by atoms with Gasteiger partial charge in [-0.15, -0.1) is 11.3 Å². The van der Waals surface area contributed by atoms with Crippen molar-refractivity contribution >= 4 is 23.2 Å². The average molecular weight is 343 g/mol. The van der Waals surface area contributed by atoms with Crippen molar-refractivity contribution in [1.82, 2.24) is 5.32 Å². The molecular formula is C18H17NO4S. The summed E-state index contributed by atoms with van der Waals surface area (Å²) < 4.78 is 5.45. The number of aliphatic carboxylic acids is 1. The van der Waals surface area contributed by atoms with Gasteiger partial charge in [0.1, 0.15) is 5.75 Å². The third-order valence-corrected chi connectivity index (χ3v) is 5.78. The number of benzene rings is 1. The smallest absolute Gasteiger partial charge is 0.330 e. The zero-order valence-corrected chi connectivity index (χ0v) is 13.8. The Morgan fingerprint density at radius 1 is 1.17 bits per heavy atom. The average Bonchev–Trinajstić information content (AvgIpc) is 3.25. The normalized spacial score (nSPS) is 16.2. The van der Waals surface area contributed by atoms with E-state index in [-0.39, 0.29) is 5.91 Å². The molecule has 2 N–H and O–H groups in total. The molecule has 0 fully saturated rings. The molecule has 0 bridgehead atoms. The maximum Gasteiger partial charge on any atom is 0.330 e. The van der Waals surface area contributed by atoms with E-state index < -0.39 is 12.0 Å². The number of carboxylic acid groups (broad SMARTS) is 1. The van der Waals surface area contributed by atoms with E-state index in [9.17, 15) is 14.7 Å². The number of carboxylic acids is 1. The van der Waals surface area contributed by atoms with Crippen LogP contribution in [0.2, 0.25) is 0 Å². The van der Waals surface area contributed by atoms with Gasteiger partial charge in [0, 0.05) is 11.3 Å². The Labute approximate surface area is 143 Å². The molecular weight excluding hydrogens is 326 g/mol. The lowest BCUT2D eigenvalue weighted by Crippen LogP contribution is -2.33. The van der Waals surface area contributed by atoms with E-state index >= 15 is 0 Å². The fraction of sp³-hybridized carbons (Fsp3) is 0.333. The van der Waals surface area contributed by atoms with Crippen molar-refractivity contribution in [2.75, 3.05) is 6.61 Å². The van der Waals surface area contributed by atoms with Crippen molar-refractivity contribution in [1.29, 1.82) is 0 Å². The molecule has 1 aliphatic carbocycles. The molecule has 2 heterocycles. The number of aryl methyl sites for hydroxylation is 2. The van der Waals surface area contributed by atoms with Crippen LogP contribution in [0.4, 0.5) is 0 Å². The van der Waals surface area contributed by atoms with E-state index in [1.165, 1.54) is 21.8 Å². The molecule has 2 aromatic rings. The number of rotatable bonds is 4. The second kappa shape index (κ2) is 5.94. The van der Waals surface area contributed by atoms with Gasteiger partial charge in [-0.25, -0.2) is 4.79 Å². The predicted octanol–water partition coefficient (Wildman–Crippen LogP) is 2.73. The second-order valence-corrected chi connectivity index (χ2v) is 7.26. The van der Waals surface area contributed by atoms with Crippen LogP contribution in [-0.4, -0.2) is 23.6 Å². The minimum Gasteiger partial charge on any atom is -0.493 e. The van der Waals surface area contributed by atoms with Crippen molar-refractivity contribution < 1.29 is 19.4 Å². The first-order valence-corrected chi connectivity index (χ1v) is 8.84. The van der Waals surface area contributed by atoms with E-state index in [1.54, 1.807) is 12.1 Å². The van der Waals surface area contributed by atoms with Crippen LogP contribution in [0, 0.1) is 0 Å². The zero-order valence-electron chi connectivity index (χ0n) is 13.0. The molecule has 0 radical (unpaired) electrons. The summed E-state index contributed by atoms with van der Waals surface area (Å²) in [5.74, 6) is -0.589. The van der Waals surface area contributed by atoms with E-state index in [0.717, 1.165) is 37.0 Å². The molecule has 5 nitrogen and oxygen atoms in total. The maximum atomic E-state index is 12.5. The van der Waals surface area contributed by atoms with Gasteiger partial charge in [-0.3, -0.25) is 4.79 Å². The number of fused-ring (bicyclic) bond motifs is 2. The monoisotopic (exact) mass is 343 g/mol. The molecule has 1 atom stereocenters. The lowest BCUT2D eigenvalue weighted by atomic mass is 10.0. The van der Waals surface area contributed by atoms with Crippen LogP contribution in [0.3, 0.4) is 0 Å². The number of hydrogen-bond donors (Lipinski definition) is 2. The van der Waals surface area contributed by atoms with Gasteiger partial charge in [-0.2, -0.15) is 0 Å². The zero-order chi connectivity index (χ0) is 16.7. The van der Waals surface area contributed by atoms with Gasteiger partial charge in [0.2, 0.25) is 0 Å². The number of nitrogens with one attached hydrogen (secondary N) is 1. The number of hydrogen-bond acceptors (Lipinski definition) is 4. The summed E-state index contributed by atoms with van der Waals surface area (Å²) in [7, 11) is 0. The lowest BCUT2D eigenvalue weighted by Gasteiger charge is -2.15. The molecule has 24 heavy (non-hydrogen) atoms. The quantitative estimate of drug-likeness (QED) is 0.895. The van der Waals surface area contributed by atoms with Crippen LogP contribution in [0.5, 0.6) is 5.75 Å². The fourth-order valence-electron chi connectivity index (χ4n) is 3.32. The second-order valence-electron chi connectivity index (χ2n) is 6.12. The molecule has 0 saturated carbocycles. The number of carbonyl (C=O) groups excluding carboxylic acids is 1.